The van der Waals surface area contributed by atoms with Crippen LogP contribution in [0, 0.1) is 6.92 Å². The lowest BCUT2D eigenvalue weighted by molar-refractivity contribution is -0.129. The second-order valence-corrected chi connectivity index (χ2v) is 10.7. The van der Waals surface area contributed by atoms with Crippen LogP contribution >= 0.6 is 23.1 Å². The van der Waals surface area contributed by atoms with Crippen molar-refractivity contribution in [3.63, 3.8) is 0 Å². The van der Waals surface area contributed by atoms with Crippen molar-refractivity contribution in [3.05, 3.63) is 75.7 Å². The number of carbonyl (C=O) groups is 4. The Labute approximate surface area is 223 Å². The number of fused-ring (bicyclic) bond motifs is 1. The number of hydrogen-bond donors (Lipinski definition) is 2. The SMILES string of the molecule is COC(=O)c1c(NC(=O)CSc2cccc(NC(=O)c3ccccc3C)c2)sc2c1CCN(C(C)=O)C2. The first-order chi connectivity index (χ1) is 17.8. The number of nitrogens with one attached hydrogen (secondary N) is 2. The number of carbonyl (C=O) groups excluding carboxylic acids is 4. The van der Waals surface area contributed by atoms with E-state index in [2.05, 4.69) is 10.6 Å². The highest BCUT2D eigenvalue weighted by Crippen LogP contribution is 2.38. The van der Waals surface area contributed by atoms with Gasteiger partial charge in [0.2, 0.25) is 11.8 Å². The van der Waals surface area contributed by atoms with Gasteiger partial charge < -0.3 is 20.3 Å². The fourth-order valence-electron chi connectivity index (χ4n) is 4.08. The van der Waals surface area contributed by atoms with E-state index in [1.165, 1.54) is 37.1 Å². The molecule has 37 heavy (non-hydrogen) atoms. The first-order valence-electron chi connectivity index (χ1n) is 11.6. The number of thioether (sulfide) groups is 1. The van der Waals surface area contributed by atoms with Gasteiger partial charge in [0.15, 0.2) is 0 Å². The number of hydrogen-bond acceptors (Lipinski definition) is 7. The summed E-state index contributed by atoms with van der Waals surface area (Å²) in [5, 5.41) is 6.20. The molecule has 10 heteroatoms. The molecule has 0 fully saturated rings. The molecule has 1 aliphatic rings. The third-order valence-electron chi connectivity index (χ3n) is 6.00. The van der Waals surface area contributed by atoms with Crippen LogP contribution in [0.15, 0.2) is 53.4 Å². The average molecular weight is 538 g/mol. The summed E-state index contributed by atoms with van der Waals surface area (Å²) in [6, 6.07) is 14.7. The van der Waals surface area contributed by atoms with Crippen LogP contribution in [0.4, 0.5) is 10.7 Å². The second-order valence-electron chi connectivity index (χ2n) is 8.52. The van der Waals surface area contributed by atoms with E-state index < -0.39 is 5.97 Å². The highest BCUT2D eigenvalue weighted by atomic mass is 32.2. The van der Waals surface area contributed by atoms with Crippen molar-refractivity contribution < 1.29 is 23.9 Å². The quantitative estimate of drug-likeness (QED) is 0.334. The van der Waals surface area contributed by atoms with E-state index in [1.54, 1.807) is 17.0 Å². The number of amides is 3. The van der Waals surface area contributed by atoms with Crippen LogP contribution < -0.4 is 10.6 Å². The molecule has 4 rings (SSSR count). The molecule has 2 aromatic carbocycles. The smallest absolute Gasteiger partial charge is 0.341 e. The van der Waals surface area contributed by atoms with Gasteiger partial charge in [-0.2, -0.15) is 0 Å². The Kier molecular flexibility index (Phi) is 8.30. The molecule has 0 saturated heterocycles. The predicted octanol–water partition coefficient (Wildman–Crippen LogP) is 4.73. The van der Waals surface area contributed by atoms with Gasteiger partial charge in [-0.15, -0.1) is 23.1 Å². The van der Waals surface area contributed by atoms with Crippen molar-refractivity contribution in [2.45, 2.75) is 31.7 Å². The van der Waals surface area contributed by atoms with Gasteiger partial charge in [0.05, 0.1) is 25.0 Å². The van der Waals surface area contributed by atoms with Crippen LogP contribution in [-0.2, 0) is 27.3 Å². The molecule has 2 N–H and O–H groups in total. The minimum Gasteiger partial charge on any atom is -0.465 e. The van der Waals surface area contributed by atoms with Crippen LogP contribution in [0.1, 0.15) is 43.6 Å². The zero-order chi connectivity index (χ0) is 26.5. The molecule has 2 heterocycles. The minimum atomic E-state index is -0.506. The highest BCUT2D eigenvalue weighted by Gasteiger charge is 2.30. The summed E-state index contributed by atoms with van der Waals surface area (Å²) in [7, 11) is 1.31. The minimum absolute atomic E-state index is 0.0297. The van der Waals surface area contributed by atoms with Gasteiger partial charge in [-0.1, -0.05) is 24.3 Å². The number of anilines is 2. The lowest BCUT2D eigenvalue weighted by atomic mass is 10.0. The van der Waals surface area contributed by atoms with Gasteiger partial charge in [-0.3, -0.25) is 14.4 Å². The molecule has 1 aromatic heterocycles. The van der Waals surface area contributed by atoms with Crippen molar-refractivity contribution in [2.75, 3.05) is 30.0 Å². The Morgan fingerprint density at radius 1 is 1.08 bits per heavy atom. The van der Waals surface area contributed by atoms with Crippen molar-refractivity contribution in [1.29, 1.82) is 0 Å². The maximum Gasteiger partial charge on any atom is 0.341 e. The Morgan fingerprint density at radius 3 is 2.59 bits per heavy atom. The first-order valence-corrected chi connectivity index (χ1v) is 13.4. The lowest BCUT2D eigenvalue weighted by Crippen LogP contribution is -2.33. The van der Waals surface area contributed by atoms with Crippen LogP contribution in [0.5, 0.6) is 0 Å². The molecule has 0 radical (unpaired) electrons. The van der Waals surface area contributed by atoms with Crippen molar-refractivity contribution in [3.8, 4) is 0 Å². The number of esters is 1. The predicted molar refractivity (Wildman–Crippen MR) is 145 cm³/mol. The van der Waals surface area contributed by atoms with Crippen molar-refractivity contribution in [1.82, 2.24) is 4.90 Å². The van der Waals surface area contributed by atoms with Crippen LogP contribution in [0.25, 0.3) is 0 Å². The summed E-state index contributed by atoms with van der Waals surface area (Å²) in [6.07, 6.45) is 0.529. The number of ether oxygens (including phenoxy) is 1. The Hall–Kier alpha value is -3.63. The summed E-state index contributed by atoms with van der Waals surface area (Å²) >= 11 is 2.62. The number of rotatable bonds is 7. The monoisotopic (exact) mass is 537 g/mol. The van der Waals surface area contributed by atoms with Gasteiger partial charge >= 0.3 is 5.97 Å². The van der Waals surface area contributed by atoms with E-state index in [9.17, 15) is 19.2 Å². The molecule has 0 unspecified atom stereocenters. The lowest BCUT2D eigenvalue weighted by Gasteiger charge is -2.25. The molecule has 0 aliphatic carbocycles. The molecule has 3 amide bonds. The van der Waals surface area contributed by atoms with Gasteiger partial charge in [0, 0.05) is 34.5 Å². The van der Waals surface area contributed by atoms with E-state index in [4.69, 9.17) is 4.74 Å². The topological polar surface area (TPSA) is 105 Å². The van der Waals surface area contributed by atoms with Crippen LogP contribution in [-0.4, -0.2) is 48.0 Å². The molecular formula is C27H27N3O5S2. The Bertz CT molecular complexity index is 1370. The Balaban J connectivity index is 1.41. The maximum absolute atomic E-state index is 12.8. The number of methoxy groups -OCH3 is 1. The molecular weight excluding hydrogens is 510 g/mol. The van der Waals surface area contributed by atoms with E-state index in [-0.39, 0.29) is 23.5 Å². The molecule has 3 aromatic rings. The standard InChI is InChI=1S/C27H27N3O5S2/c1-16-7-4-5-10-20(16)25(33)28-18-8-6-9-19(13-18)36-15-23(32)29-26-24(27(34)35-3)21-11-12-30(17(2)31)14-22(21)37-26/h4-10,13H,11-12,14-15H2,1-3H3,(H,28,33)(H,29,32). The van der Waals surface area contributed by atoms with E-state index in [0.717, 1.165) is 20.9 Å². The largest absolute Gasteiger partial charge is 0.465 e. The maximum atomic E-state index is 12.8. The third kappa shape index (κ3) is 6.20. The molecule has 1 aliphatic heterocycles. The van der Waals surface area contributed by atoms with Gasteiger partial charge in [-0.25, -0.2) is 4.79 Å². The average Bonchev–Trinajstić information content (AvgIpc) is 3.24. The Morgan fingerprint density at radius 2 is 1.86 bits per heavy atom. The second kappa shape index (κ2) is 11.6. The number of thiophene rings is 1. The van der Waals surface area contributed by atoms with Crippen molar-refractivity contribution >= 4 is 57.5 Å². The van der Waals surface area contributed by atoms with Gasteiger partial charge in [0.25, 0.3) is 5.91 Å². The fourth-order valence-corrected chi connectivity index (χ4v) is 6.10. The number of nitrogens with zero attached hydrogens (tertiary/aromatic N) is 1. The number of benzene rings is 2. The molecule has 0 atom stereocenters. The zero-order valence-electron chi connectivity index (χ0n) is 20.8. The summed E-state index contributed by atoms with van der Waals surface area (Å²) in [5.74, 6) is -0.894. The molecule has 0 saturated carbocycles. The summed E-state index contributed by atoms with van der Waals surface area (Å²) in [5.41, 5.74) is 3.32. The van der Waals surface area contributed by atoms with E-state index in [0.29, 0.717) is 41.3 Å². The summed E-state index contributed by atoms with van der Waals surface area (Å²) in [4.78, 5) is 53.1. The van der Waals surface area contributed by atoms with Crippen molar-refractivity contribution in [2.24, 2.45) is 0 Å². The molecule has 0 bridgehead atoms. The number of aryl methyl sites for hydroxylation is 1. The summed E-state index contributed by atoms with van der Waals surface area (Å²) in [6.45, 7) is 4.32. The first kappa shape index (κ1) is 26.4. The molecule has 8 nitrogen and oxygen atoms in total. The zero-order valence-corrected chi connectivity index (χ0v) is 22.4. The third-order valence-corrected chi connectivity index (χ3v) is 8.12. The fraction of sp³-hybridized carbons (Fsp3) is 0.259. The molecule has 0 spiro atoms. The van der Waals surface area contributed by atoms with Crippen LogP contribution in [0.3, 0.4) is 0 Å². The van der Waals surface area contributed by atoms with Crippen LogP contribution in [0.2, 0.25) is 0 Å². The highest BCUT2D eigenvalue weighted by molar-refractivity contribution is 8.00. The molecule has 192 valence electrons. The normalized spacial score (nSPS) is 12.5. The summed E-state index contributed by atoms with van der Waals surface area (Å²) < 4.78 is 4.97. The van der Waals surface area contributed by atoms with Gasteiger partial charge in [0.1, 0.15) is 5.00 Å². The van der Waals surface area contributed by atoms with E-state index in [1.807, 2.05) is 43.3 Å². The van der Waals surface area contributed by atoms with E-state index >= 15 is 0 Å². The van der Waals surface area contributed by atoms with Gasteiger partial charge in [-0.05, 0) is 48.7 Å².